The molecule has 2 aliphatic rings. The minimum absolute atomic E-state index is 0. The van der Waals surface area contributed by atoms with Crippen LogP contribution in [0.3, 0.4) is 0 Å². The molecule has 2 atom stereocenters. The highest BCUT2D eigenvalue weighted by molar-refractivity contribution is 14.0. The second kappa shape index (κ2) is 12.6. The number of likely N-dealkylation sites (tertiary alicyclic amines) is 1. The molecule has 1 aromatic rings. The highest BCUT2D eigenvalue weighted by Crippen LogP contribution is 2.31. The van der Waals surface area contributed by atoms with Gasteiger partial charge >= 0.3 is 0 Å². The fraction of sp³-hybridized carbons (Fsp3) is 0.682. The predicted octanol–water partition coefficient (Wildman–Crippen LogP) is 3.81. The van der Waals surface area contributed by atoms with Crippen molar-refractivity contribution in [3.05, 3.63) is 35.9 Å². The fourth-order valence-electron chi connectivity index (χ4n) is 3.70. The maximum atomic E-state index is 5.95. The second-order valence-electron chi connectivity index (χ2n) is 7.80. The number of nitrogens with one attached hydrogen (secondary N) is 2. The smallest absolute Gasteiger partial charge is 0.191 e. The molecule has 2 fully saturated rings. The Morgan fingerprint density at radius 2 is 2.00 bits per heavy atom. The lowest BCUT2D eigenvalue weighted by Gasteiger charge is -2.16. The van der Waals surface area contributed by atoms with E-state index in [1.165, 1.54) is 37.9 Å². The Bertz CT molecular complexity index is 579. The molecule has 1 saturated heterocycles. The topological polar surface area (TPSA) is 48.9 Å². The number of nitrogens with zero attached hydrogens (tertiary/aromatic N) is 2. The first-order valence-corrected chi connectivity index (χ1v) is 10.7. The zero-order valence-electron chi connectivity index (χ0n) is 17.4. The Morgan fingerprint density at radius 3 is 2.71 bits per heavy atom. The maximum absolute atomic E-state index is 5.95. The van der Waals surface area contributed by atoms with E-state index in [-0.39, 0.29) is 30.1 Å². The van der Waals surface area contributed by atoms with E-state index in [0.717, 1.165) is 50.6 Å². The summed E-state index contributed by atoms with van der Waals surface area (Å²) in [5, 5.41) is 6.81. The minimum atomic E-state index is 0. The summed E-state index contributed by atoms with van der Waals surface area (Å²) in [6.45, 7) is 10.2. The summed E-state index contributed by atoms with van der Waals surface area (Å²) < 4.78 is 5.95. The van der Waals surface area contributed by atoms with Crippen LogP contribution in [0.1, 0.15) is 51.2 Å². The Hall–Kier alpha value is -0.860. The van der Waals surface area contributed by atoms with Crippen LogP contribution in [0, 0.1) is 5.92 Å². The number of benzene rings is 1. The first kappa shape index (κ1) is 23.4. The summed E-state index contributed by atoms with van der Waals surface area (Å²) >= 11 is 0. The lowest BCUT2D eigenvalue weighted by Crippen LogP contribution is -2.38. The molecule has 0 bridgehead atoms. The first-order valence-electron chi connectivity index (χ1n) is 10.7. The van der Waals surface area contributed by atoms with Gasteiger partial charge in [-0.1, -0.05) is 30.3 Å². The monoisotopic (exact) mass is 500 g/mol. The van der Waals surface area contributed by atoms with Gasteiger partial charge in [0.15, 0.2) is 5.96 Å². The molecule has 3 rings (SSSR count). The molecule has 1 aliphatic carbocycles. The highest BCUT2D eigenvalue weighted by Gasteiger charge is 2.34. The number of guanidine groups is 1. The molecule has 0 spiro atoms. The van der Waals surface area contributed by atoms with E-state index in [2.05, 4.69) is 53.6 Å². The van der Waals surface area contributed by atoms with Crippen molar-refractivity contribution < 1.29 is 4.74 Å². The maximum Gasteiger partial charge on any atom is 0.191 e. The van der Waals surface area contributed by atoms with E-state index in [4.69, 9.17) is 9.73 Å². The fourth-order valence-corrected chi connectivity index (χ4v) is 3.70. The van der Waals surface area contributed by atoms with Crippen molar-refractivity contribution >= 4 is 29.9 Å². The average Bonchev–Trinajstić information content (AvgIpc) is 3.44. The Kier molecular flexibility index (Phi) is 10.6. The highest BCUT2D eigenvalue weighted by atomic mass is 127. The number of rotatable bonds is 10. The van der Waals surface area contributed by atoms with Crippen molar-refractivity contribution in [1.29, 1.82) is 0 Å². The Balaban J connectivity index is 0.00000280. The van der Waals surface area contributed by atoms with E-state index in [9.17, 15) is 0 Å². The molecular weight excluding hydrogens is 463 g/mol. The van der Waals surface area contributed by atoms with Gasteiger partial charge in [-0.3, -0.25) is 4.99 Å². The summed E-state index contributed by atoms with van der Waals surface area (Å²) in [6, 6.07) is 11.3. The molecule has 0 aromatic heterocycles. The van der Waals surface area contributed by atoms with E-state index in [1.54, 1.807) is 0 Å². The van der Waals surface area contributed by atoms with Crippen LogP contribution in [-0.4, -0.2) is 56.2 Å². The van der Waals surface area contributed by atoms with Crippen LogP contribution in [0.4, 0.5) is 0 Å². The van der Waals surface area contributed by atoms with Crippen molar-refractivity contribution in [3.63, 3.8) is 0 Å². The van der Waals surface area contributed by atoms with Gasteiger partial charge in [0.05, 0.1) is 6.10 Å². The molecule has 1 saturated carbocycles. The Labute approximate surface area is 187 Å². The lowest BCUT2D eigenvalue weighted by atomic mass is 10.1. The second-order valence-corrected chi connectivity index (χ2v) is 7.80. The number of hydrogen-bond acceptors (Lipinski definition) is 3. The van der Waals surface area contributed by atoms with Gasteiger partial charge in [-0.2, -0.15) is 0 Å². The van der Waals surface area contributed by atoms with Crippen molar-refractivity contribution in [2.24, 2.45) is 10.9 Å². The van der Waals surface area contributed by atoms with Crippen LogP contribution >= 0.6 is 24.0 Å². The van der Waals surface area contributed by atoms with E-state index in [1.807, 2.05) is 6.07 Å². The normalized spacial score (nSPS) is 21.2. The van der Waals surface area contributed by atoms with Gasteiger partial charge in [-0.15, -0.1) is 24.0 Å². The first-order chi connectivity index (χ1) is 13.3. The third-order valence-electron chi connectivity index (χ3n) is 5.48. The third kappa shape index (κ3) is 7.87. The summed E-state index contributed by atoms with van der Waals surface area (Å²) in [6.07, 6.45) is 5.23. The molecule has 1 aromatic carbocycles. The molecule has 2 N–H and O–H groups in total. The zero-order chi connectivity index (χ0) is 18.9. The summed E-state index contributed by atoms with van der Waals surface area (Å²) in [4.78, 5) is 7.48. The molecule has 2 unspecified atom stereocenters. The zero-order valence-corrected chi connectivity index (χ0v) is 19.7. The number of halogens is 1. The van der Waals surface area contributed by atoms with Gasteiger partial charge in [0.25, 0.3) is 0 Å². The van der Waals surface area contributed by atoms with Crippen molar-refractivity contribution in [2.45, 2.75) is 51.7 Å². The molecule has 6 heteroatoms. The van der Waals surface area contributed by atoms with Gasteiger partial charge in [0.2, 0.25) is 0 Å². The summed E-state index contributed by atoms with van der Waals surface area (Å²) in [5.74, 6) is 1.66. The van der Waals surface area contributed by atoms with Crippen molar-refractivity contribution in [2.75, 3.05) is 39.3 Å². The molecule has 0 amide bonds. The number of hydrogen-bond donors (Lipinski definition) is 2. The molecule has 28 heavy (non-hydrogen) atoms. The van der Waals surface area contributed by atoms with E-state index < -0.39 is 0 Å². The standard InChI is InChI=1S/C22H36N4O.HI/c1-3-23-22(25-16-19-12-14-26(17-19)21-10-11-21)24-13-7-15-27-18(2)20-8-5-4-6-9-20;/h4-6,8-9,18-19,21H,3,7,10-17H2,1-2H3,(H2,23,24,25);1H. The molecule has 5 nitrogen and oxygen atoms in total. The van der Waals surface area contributed by atoms with E-state index in [0.29, 0.717) is 0 Å². The van der Waals surface area contributed by atoms with Gasteiger partial charge in [0, 0.05) is 38.8 Å². The van der Waals surface area contributed by atoms with Crippen LogP contribution in [0.25, 0.3) is 0 Å². The van der Waals surface area contributed by atoms with Gasteiger partial charge < -0.3 is 20.3 Å². The molecule has 1 heterocycles. The summed E-state index contributed by atoms with van der Waals surface area (Å²) in [5.41, 5.74) is 1.23. The quantitative estimate of drug-likeness (QED) is 0.222. The van der Waals surface area contributed by atoms with E-state index >= 15 is 0 Å². The van der Waals surface area contributed by atoms with Crippen LogP contribution in [-0.2, 0) is 4.74 Å². The average molecular weight is 500 g/mol. The number of ether oxygens (including phenoxy) is 1. The Morgan fingerprint density at radius 1 is 1.21 bits per heavy atom. The SMILES string of the molecule is CCNC(=NCC1CCN(C2CC2)C1)NCCCOC(C)c1ccccc1.I. The largest absolute Gasteiger partial charge is 0.374 e. The summed E-state index contributed by atoms with van der Waals surface area (Å²) in [7, 11) is 0. The van der Waals surface area contributed by atoms with Crippen molar-refractivity contribution in [3.8, 4) is 0 Å². The predicted molar refractivity (Wildman–Crippen MR) is 128 cm³/mol. The third-order valence-corrected chi connectivity index (χ3v) is 5.48. The lowest BCUT2D eigenvalue weighted by molar-refractivity contribution is 0.0646. The van der Waals surface area contributed by atoms with Crippen LogP contribution < -0.4 is 10.6 Å². The molecular formula is C22H37IN4O. The number of aliphatic imine (C=N–C) groups is 1. The molecule has 0 radical (unpaired) electrons. The van der Waals surface area contributed by atoms with Gasteiger partial charge in [-0.25, -0.2) is 0 Å². The molecule has 1 aliphatic heterocycles. The van der Waals surface area contributed by atoms with Crippen LogP contribution in [0.2, 0.25) is 0 Å². The van der Waals surface area contributed by atoms with Gasteiger partial charge in [0.1, 0.15) is 0 Å². The van der Waals surface area contributed by atoms with Crippen molar-refractivity contribution in [1.82, 2.24) is 15.5 Å². The minimum Gasteiger partial charge on any atom is -0.374 e. The van der Waals surface area contributed by atoms with Gasteiger partial charge in [-0.05, 0) is 57.6 Å². The van der Waals surface area contributed by atoms with Crippen LogP contribution in [0.5, 0.6) is 0 Å². The molecule has 158 valence electrons. The van der Waals surface area contributed by atoms with Crippen LogP contribution in [0.15, 0.2) is 35.3 Å².